The first-order chi connectivity index (χ1) is 7.58. The SMILES string of the molecule is CC(C(=O)Nc1ccc(Cl)c(N)c1)C1CC1. The highest BCUT2D eigenvalue weighted by Gasteiger charge is 2.32. The molecule has 1 unspecified atom stereocenters. The number of hydrogen-bond acceptors (Lipinski definition) is 2. The Kier molecular flexibility index (Phi) is 3.06. The van der Waals surface area contributed by atoms with Gasteiger partial charge in [-0.25, -0.2) is 0 Å². The third-order valence-corrected chi connectivity index (χ3v) is 3.35. The molecule has 1 aromatic carbocycles. The largest absolute Gasteiger partial charge is 0.397 e. The summed E-state index contributed by atoms with van der Waals surface area (Å²) < 4.78 is 0. The molecular formula is C12H15ClN2O. The van der Waals surface area contributed by atoms with Crippen LogP contribution in [-0.2, 0) is 4.79 Å². The van der Waals surface area contributed by atoms with E-state index < -0.39 is 0 Å². The van der Waals surface area contributed by atoms with Crippen molar-refractivity contribution in [3.63, 3.8) is 0 Å². The van der Waals surface area contributed by atoms with Gasteiger partial charge in [-0.05, 0) is 37.0 Å². The van der Waals surface area contributed by atoms with E-state index in [4.69, 9.17) is 17.3 Å². The fourth-order valence-electron chi connectivity index (χ4n) is 1.69. The van der Waals surface area contributed by atoms with Crippen molar-refractivity contribution >= 4 is 28.9 Å². The first-order valence-corrected chi connectivity index (χ1v) is 5.81. The van der Waals surface area contributed by atoms with Gasteiger partial charge in [0.2, 0.25) is 5.91 Å². The zero-order valence-corrected chi connectivity index (χ0v) is 9.92. The van der Waals surface area contributed by atoms with Crippen LogP contribution in [0.25, 0.3) is 0 Å². The van der Waals surface area contributed by atoms with Crippen molar-refractivity contribution in [2.45, 2.75) is 19.8 Å². The predicted molar refractivity (Wildman–Crippen MR) is 66.4 cm³/mol. The standard InChI is InChI=1S/C12H15ClN2O/c1-7(8-2-3-8)12(16)15-9-4-5-10(13)11(14)6-9/h4-8H,2-3,14H2,1H3,(H,15,16). The van der Waals surface area contributed by atoms with Crippen LogP contribution in [0.5, 0.6) is 0 Å². The zero-order valence-electron chi connectivity index (χ0n) is 9.16. The number of rotatable bonds is 3. The molecule has 0 spiro atoms. The van der Waals surface area contributed by atoms with E-state index in [0.29, 0.717) is 22.3 Å². The second-order valence-corrected chi connectivity index (χ2v) is 4.76. The predicted octanol–water partition coefficient (Wildman–Crippen LogP) is 2.91. The van der Waals surface area contributed by atoms with E-state index >= 15 is 0 Å². The molecule has 1 aliphatic rings. The molecule has 0 heterocycles. The number of nitrogens with two attached hydrogens (primary N) is 1. The van der Waals surface area contributed by atoms with Gasteiger partial charge in [0.1, 0.15) is 0 Å². The minimum atomic E-state index is 0.0595. The van der Waals surface area contributed by atoms with Gasteiger partial charge < -0.3 is 11.1 Å². The molecule has 1 aliphatic carbocycles. The van der Waals surface area contributed by atoms with Crippen LogP contribution in [0, 0.1) is 11.8 Å². The molecule has 0 aliphatic heterocycles. The Hall–Kier alpha value is -1.22. The first kappa shape index (κ1) is 11.3. The van der Waals surface area contributed by atoms with Crippen LogP contribution in [0.2, 0.25) is 5.02 Å². The van der Waals surface area contributed by atoms with Crippen molar-refractivity contribution in [2.75, 3.05) is 11.1 Å². The van der Waals surface area contributed by atoms with Crippen molar-refractivity contribution in [1.82, 2.24) is 0 Å². The molecular weight excluding hydrogens is 224 g/mol. The Morgan fingerprint density at radius 3 is 2.81 bits per heavy atom. The van der Waals surface area contributed by atoms with Gasteiger partial charge in [-0.15, -0.1) is 0 Å². The summed E-state index contributed by atoms with van der Waals surface area (Å²) in [4.78, 5) is 11.8. The molecule has 3 nitrogen and oxygen atoms in total. The summed E-state index contributed by atoms with van der Waals surface area (Å²) >= 11 is 5.80. The Bertz CT molecular complexity index is 415. The Morgan fingerprint density at radius 2 is 2.25 bits per heavy atom. The van der Waals surface area contributed by atoms with Crippen molar-refractivity contribution in [1.29, 1.82) is 0 Å². The molecule has 0 bridgehead atoms. The van der Waals surface area contributed by atoms with Gasteiger partial charge in [0.05, 0.1) is 10.7 Å². The maximum absolute atomic E-state index is 11.8. The van der Waals surface area contributed by atoms with E-state index in [-0.39, 0.29) is 11.8 Å². The van der Waals surface area contributed by atoms with Crippen LogP contribution in [-0.4, -0.2) is 5.91 Å². The number of anilines is 2. The molecule has 2 rings (SSSR count). The number of nitrogen functional groups attached to an aromatic ring is 1. The first-order valence-electron chi connectivity index (χ1n) is 5.44. The van der Waals surface area contributed by atoms with Crippen molar-refractivity contribution in [3.05, 3.63) is 23.2 Å². The second kappa shape index (κ2) is 4.34. The molecule has 16 heavy (non-hydrogen) atoms. The highest BCUT2D eigenvalue weighted by Crippen LogP contribution is 2.37. The number of carbonyl (C=O) groups is 1. The molecule has 0 aromatic heterocycles. The lowest BCUT2D eigenvalue weighted by atomic mass is 10.1. The number of halogens is 1. The van der Waals surface area contributed by atoms with E-state index in [2.05, 4.69) is 5.32 Å². The monoisotopic (exact) mass is 238 g/mol. The average molecular weight is 239 g/mol. The fourth-order valence-corrected chi connectivity index (χ4v) is 1.81. The van der Waals surface area contributed by atoms with Gasteiger partial charge in [0.15, 0.2) is 0 Å². The third kappa shape index (κ3) is 2.47. The minimum absolute atomic E-state index is 0.0595. The lowest BCUT2D eigenvalue weighted by molar-refractivity contribution is -0.119. The van der Waals surface area contributed by atoms with Crippen LogP contribution >= 0.6 is 11.6 Å². The lowest BCUT2D eigenvalue weighted by Gasteiger charge is -2.11. The molecule has 0 saturated heterocycles. The maximum atomic E-state index is 11.8. The van der Waals surface area contributed by atoms with Crippen LogP contribution in [0.1, 0.15) is 19.8 Å². The minimum Gasteiger partial charge on any atom is -0.397 e. The molecule has 1 saturated carbocycles. The summed E-state index contributed by atoms with van der Waals surface area (Å²) in [5, 5.41) is 3.36. The summed E-state index contributed by atoms with van der Waals surface area (Å²) in [6.07, 6.45) is 2.33. The van der Waals surface area contributed by atoms with E-state index in [1.165, 1.54) is 0 Å². The van der Waals surface area contributed by atoms with Gasteiger partial charge in [0, 0.05) is 11.6 Å². The molecule has 4 heteroatoms. The Balaban J connectivity index is 2.02. The molecule has 86 valence electrons. The quantitative estimate of drug-likeness (QED) is 0.796. The summed E-state index contributed by atoms with van der Waals surface area (Å²) in [5.74, 6) is 0.700. The molecule has 0 radical (unpaired) electrons. The van der Waals surface area contributed by atoms with E-state index in [0.717, 1.165) is 12.8 Å². The van der Waals surface area contributed by atoms with Crippen LogP contribution < -0.4 is 11.1 Å². The van der Waals surface area contributed by atoms with Crippen LogP contribution in [0.4, 0.5) is 11.4 Å². The summed E-state index contributed by atoms with van der Waals surface area (Å²) in [6.45, 7) is 1.96. The number of nitrogens with one attached hydrogen (secondary N) is 1. The Morgan fingerprint density at radius 1 is 1.56 bits per heavy atom. The zero-order chi connectivity index (χ0) is 11.7. The van der Waals surface area contributed by atoms with Gasteiger partial charge in [0.25, 0.3) is 0 Å². The van der Waals surface area contributed by atoms with E-state index in [1.54, 1.807) is 18.2 Å². The Labute approximate surface area is 100.0 Å². The number of hydrogen-bond donors (Lipinski definition) is 2. The van der Waals surface area contributed by atoms with Gasteiger partial charge in [-0.2, -0.15) is 0 Å². The smallest absolute Gasteiger partial charge is 0.227 e. The molecule has 1 amide bonds. The van der Waals surface area contributed by atoms with Crippen molar-refractivity contribution in [2.24, 2.45) is 11.8 Å². The fraction of sp³-hybridized carbons (Fsp3) is 0.417. The van der Waals surface area contributed by atoms with Crippen molar-refractivity contribution < 1.29 is 4.79 Å². The normalized spacial score (nSPS) is 16.9. The highest BCUT2D eigenvalue weighted by atomic mass is 35.5. The van der Waals surface area contributed by atoms with Gasteiger partial charge in [-0.1, -0.05) is 18.5 Å². The van der Waals surface area contributed by atoms with Crippen LogP contribution in [0.3, 0.4) is 0 Å². The molecule has 1 atom stereocenters. The number of carbonyl (C=O) groups excluding carboxylic acids is 1. The van der Waals surface area contributed by atoms with E-state index in [1.807, 2.05) is 6.92 Å². The van der Waals surface area contributed by atoms with Gasteiger partial charge in [-0.3, -0.25) is 4.79 Å². The van der Waals surface area contributed by atoms with Crippen LogP contribution in [0.15, 0.2) is 18.2 Å². The lowest BCUT2D eigenvalue weighted by Crippen LogP contribution is -2.21. The third-order valence-electron chi connectivity index (χ3n) is 3.01. The average Bonchev–Trinajstić information content (AvgIpc) is 3.06. The summed E-state index contributed by atoms with van der Waals surface area (Å²) in [5.41, 5.74) is 6.85. The summed E-state index contributed by atoms with van der Waals surface area (Å²) in [6, 6.07) is 5.13. The second-order valence-electron chi connectivity index (χ2n) is 4.35. The maximum Gasteiger partial charge on any atom is 0.227 e. The number of amides is 1. The van der Waals surface area contributed by atoms with Crippen molar-refractivity contribution in [3.8, 4) is 0 Å². The molecule has 3 N–H and O–H groups in total. The molecule has 1 aromatic rings. The molecule has 1 fully saturated rings. The van der Waals surface area contributed by atoms with E-state index in [9.17, 15) is 4.79 Å². The number of benzene rings is 1. The highest BCUT2D eigenvalue weighted by molar-refractivity contribution is 6.33. The van der Waals surface area contributed by atoms with Gasteiger partial charge >= 0.3 is 0 Å². The topological polar surface area (TPSA) is 55.1 Å². The summed E-state index contributed by atoms with van der Waals surface area (Å²) in [7, 11) is 0.